The third kappa shape index (κ3) is 4.72. The van der Waals surface area contributed by atoms with Crippen molar-refractivity contribution in [2.45, 2.75) is 25.1 Å². The van der Waals surface area contributed by atoms with Crippen molar-refractivity contribution in [3.63, 3.8) is 0 Å². The number of hydrogen-bond acceptors (Lipinski definition) is 6. The summed E-state index contributed by atoms with van der Waals surface area (Å²) in [5.74, 6) is 0.555. The fourth-order valence-electron chi connectivity index (χ4n) is 3.83. The molecule has 2 aromatic rings. The standard InChI is InChI=1S/C23H23ClFN7O2/c1-15-20(26-16(2)24)27-22(34-15)31-11-9-30(10-12-31)21(33)18-5-3-17(4-6-18)19-13-32(29-28-19)14-23(25)7-8-23/h3-6,13H,1-2,7-12,14H2/b26-20+. The minimum absolute atomic E-state index is 0.0534. The lowest BCUT2D eigenvalue weighted by atomic mass is 10.1. The molecular formula is C23H23ClFN7O2. The maximum absolute atomic E-state index is 13.9. The maximum Gasteiger partial charge on any atom is 0.300 e. The van der Waals surface area contributed by atoms with Gasteiger partial charge >= 0.3 is 0 Å². The van der Waals surface area contributed by atoms with E-state index in [-0.39, 0.29) is 17.6 Å². The van der Waals surface area contributed by atoms with E-state index in [0.29, 0.717) is 67.9 Å². The van der Waals surface area contributed by atoms with Crippen LogP contribution in [0, 0.1) is 0 Å². The molecule has 1 aromatic heterocycles. The molecule has 1 amide bonds. The predicted octanol–water partition coefficient (Wildman–Crippen LogP) is 3.21. The van der Waals surface area contributed by atoms with Crippen LogP contribution in [0.2, 0.25) is 0 Å². The maximum atomic E-state index is 13.9. The monoisotopic (exact) mass is 483 g/mol. The molecule has 0 unspecified atom stereocenters. The van der Waals surface area contributed by atoms with E-state index in [1.54, 1.807) is 23.2 Å². The van der Waals surface area contributed by atoms with Crippen LogP contribution in [-0.4, -0.2) is 74.4 Å². The second-order valence-corrected chi connectivity index (χ2v) is 8.98. The first-order chi connectivity index (χ1) is 16.3. The van der Waals surface area contributed by atoms with Crippen LogP contribution in [0.25, 0.3) is 11.3 Å². The third-order valence-electron chi connectivity index (χ3n) is 5.93. The van der Waals surface area contributed by atoms with E-state index in [0.717, 1.165) is 5.56 Å². The molecule has 176 valence electrons. The van der Waals surface area contributed by atoms with Gasteiger partial charge in [0.2, 0.25) is 5.84 Å². The lowest BCUT2D eigenvalue weighted by Gasteiger charge is -2.34. The minimum atomic E-state index is -1.13. The van der Waals surface area contributed by atoms with E-state index in [1.807, 2.05) is 17.0 Å². The van der Waals surface area contributed by atoms with Gasteiger partial charge in [-0.2, -0.15) is 4.99 Å². The van der Waals surface area contributed by atoms with Crippen molar-refractivity contribution in [1.82, 2.24) is 24.8 Å². The number of hydrogen-bond donors (Lipinski definition) is 0. The number of benzene rings is 1. The van der Waals surface area contributed by atoms with Crippen LogP contribution >= 0.6 is 11.6 Å². The SMILES string of the molecule is C=C(Cl)/N=C1/N=C(N2CCN(C(=O)c3ccc(-c4cn(CC5(F)CC5)nn4)cc3)CC2)OC1=C. The summed E-state index contributed by atoms with van der Waals surface area (Å²) < 4.78 is 21.1. The zero-order chi connectivity index (χ0) is 23.9. The van der Waals surface area contributed by atoms with Gasteiger partial charge in [-0.05, 0) is 25.0 Å². The molecule has 0 atom stereocenters. The first kappa shape index (κ1) is 22.3. The van der Waals surface area contributed by atoms with Gasteiger partial charge in [-0.25, -0.2) is 14.1 Å². The van der Waals surface area contributed by atoms with Crippen LogP contribution < -0.4 is 0 Å². The van der Waals surface area contributed by atoms with Crippen molar-refractivity contribution in [3.05, 3.63) is 60.1 Å². The van der Waals surface area contributed by atoms with Gasteiger partial charge in [0.15, 0.2) is 5.76 Å². The van der Waals surface area contributed by atoms with E-state index in [9.17, 15) is 9.18 Å². The molecule has 5 rings (SSSR count). The molecule has 1 saturated heterocycles. The summed E-state index contributed by atoms with van der Waals surface area (Å²) >= 11 is 5.71. The number of nitrogens with zero attached hydrogens (tertiary/aromatic N) is 7. The molecule has 9 nitrogen and oxygen atoms in total. The molecule has 2 aliphatic heterocycles. The first-order valence-corrected chi connectivity index (χ1v) is 11.3. The number of carbonyl (C=O) groups is 1. The Balaban J connectivity index is 1.18. The summed E-state index contributed by atoms with van der Waals surface area (Å²) in [6.07, 6.45) is 2.88. The van der Waals surface area contributed by atoms with Gasteiger partial charge in [0.1, 0.15) is 16.5 Å². The highest BCUT2D eigenvalue weighted by atomic mass is 35.5. The number of ether oxygens (including phenoxy) is 1. The Hall–Kier alpha value is -3.53. The fourth-order valence-corrected chi connectivity index (χ4v) is 3.91. The molecule has 0 spiro atoms. The number of piperazine rings is 1. The van der Waals surface area contributed by atoms with E-state index < -0.39 is 5.67 Å². The first-order valence-electron chi connectivity index (χ1n) is 10.9. The molecule has 11 heteroatoms. The van der Waals surface area contributed by atoms with Gasteiger partial charge in [-0.3, -0.25) is 4.79 Å². The van der Waals surface area contributed by atoms with E-state index in [1.165, 1.54) is 4.68 Å². The number of aromatic nitrogens is 3. The Bertz CT molecular complexity index is 1210. The Morgan fingerprint density at radius 2 is 1.91 bits per heavy atom. The van der Waals surface area contributed by atoms with Crippen molar-refractivity contribution in [3.8, 4) is 11.3 Å². The molecule has 1 aromatic carbocycles. The highest BCUT2D eigenvalue weighted by Gasteiger charge is 2.43. The van der Waals surface area contributed by atoms with Crippen LogP contribution in [-0.2, 0) is 11.3 Å². The van der Waals surface area contributed by atoms with E-state index >= 15 is 0 Å². The van der Waals surface area contributed by atoms with Crippen molar-refractivity contribution in [1.29, 1.82) is 0 Å². The Morgan fingerprint density at radius 3 is 2.56 bits per heavy atom. The Labute approximate surface area is 200 Å². The molecule has 2 fully saturated rings. The molecule has 3 aliphatic rings. The number of amidine groups is 2. The zero-order valence-electron chi connectivity index (χ0n) is 18.5. The fraction of sp³-hybridized carbons (Fsp3) is 0.348. The molecule has 3 heterocycles. The highest BCUT2D eigenvalue weighted by molar-refractivity contribution is 6.30. The Kier molecular flexibility index (Phi) is 5.68. The van der Waals surface area contributed by atoms with Crippen molar-refractivity contribution in [2.75, 3.05) is 26.2 Å². The summed E-state index contributed by atoms with van der Waals surface area (Å²) in [7, 11) is 0. The quantitative estimate of drug-likeness (QED) is 0.609. The molecule has 34 heavy (non-hydrogen) atoms. The van der Waals surface area contributed by atoms with Gasteiger partial charge < -0.3 is 14.5 Å². The molecule has 1 saturated carbocycles. The van der Waals surface area contributed by atoms with Crippen LogP contribution in [0.4, 0.5) is 4.39 Å². The second-order valence-electron chi connectivity index (χ2n) is 8.54. The van der Waals surface area contributed by atoms with Crippen LogP contribution in [0.1, 0.15) is 23.2 Å². The summed E-state index contributed by atoms with van der Waals surface area (Å²) in [6.45, 7) is 9.68. The van der Waals surface area contributed by atoms with E-state index in [2.05, 4.69) is 33.5 Å². The zero-order valence-corrected chi connectivity index (χ0v) is 19.2. The van der Waals surface area contributed by atoms with Crippen molar-refractivity contribution in [2.24, 2.45) is 9.98 Å². The lowest BCUT2D eigenvalue weighted by molar-refractivity contribution is 0.0679. The predicted molar refractivity (Wildman–Crippen MR) is 126 cm³/mol. The summed E-state index contributed by atoms with van der Waals surface area (Å²) in [5, 5.41) is 8.25. The Morgan fingerprint density at radius 1 is 1.21 bits per heavy atom. The van der Waals surface area contributed by atoms with Crippen molar-refractivity contribution < 1.29 is 13.9 Å². The van der Waals surface area contributed by atoms with Gasteiger partial charge in [-0.15, -0.1) is 5.10 Å². The summed E-state index contributed by atoms with van der Waals surface area (Å²) in [5.41, 5.74) is 0.926. The second kappa shape index (κ2) is 8.68. The summed E-state index contributed by atoms with van der Waals surface area (Å²) in [6, 6.07) is 7.61. The average molecular weight is 484 g/mol. The van der Waals surface area contributed by atoms with Crippen LogP contribution in [0.5, 0.6) is 0 Å². The number of alkyl halides is 1. The molecule has 1 aliphatic carbocycles. The van der Waals surface area contributed by atoms with Gasteiger partial charge in [0.05, 0.1) is 12.7 Å². The molecule has 0 N–H and O–H groups in total. The molecular weight excluding hydrogens is 461 g/mol. The molecule has 0 radical (unpaired) electrons. The van der Waals surface area contributed by atoms with Gasteiger partial charge in [0.25, 0.3) is 11.9 Å². The normalized spacial score (nSPS) is 20.4. The van der Waals surface area contributed by atoms with Crippen molar-refractivity contribution >= 4 is 29.4 Å². The van der Waals surface area contributed by atoms with Crippen LogP contribution in [0.15, 0.2) is 64.5 Å². The smallest absolute Gasteiger partial charge is 0.300 e. The molecule has 0 bridgehead atoms. The number of rotatable bonds is 5. The number of amides is 1. The third-order valence-corrected chi connectivity index (χ3v) is 6.02. The number of carbonyl (C=O) groups excluding carboxylic acids is 1. The van der Waals surface area contributed by atoms with Gasteiger partial charge in [-0.1, -0.05) is 42.1 Å². The number of aliphatic imine (C=N–C) groups is 2. The largest absolute Gasteiger partial charge is 0.422 e. The van der Waals surface area contributed by atoms with Gasteiger partial charge in [0, 0.05) is 37.3 Å². The van der Waals surface area contributed by atoms with Crippen LogP contribution in [0.3, 0.4) is 0 Å². The van der Waals surface area contributed by atoms with E-state index in [4.69, 9.17) is 16.3 Å². The minimum Gasteiger partial charge on any atom is -0.422 e. The summed E-state index contributed by atoms with van der Waals surface area (Å²) in [4.78, 5) is 25.0. The lowest BCUT2D eigenvalue weighted by Crippen LogP contribution is -2.50. The topological polar surface area (TPSA) is 88.2 Å². The highest BCUT2D eigenvalue weighted by Crippen LogP contribution is 2.41. The average Bonchev–Trinajstić information content (AvgIpc) is 3.19. The number of halogens is 2.